The van der Waals surface area contributed by atoms with Crippen LogP contribution >= 0.6 is 11.8 Å². The maximum atomic E-state index is 15.4. The number of hydrogen-bond acceptors (Lipinski definition) is 7. The predicted octanol–water partition coefficient (Wildman–Crippen LogP) is 6.59. The average molecular weight is 662 g/mol. The number of thioether (sulfide) groups is 1. The molecule has 0 saturated carbocycles. The highest BCUT2D eigenvalue weighted by Gasteiger charge is 2.34. The van der Waals surface area contributed by atoms with Gasteiger partial charge in [0.05, 0.1) is 24.5 Å². The van der Waals surface area contributed by atoms with Gasteiger partial charge in [-0.25, -0.2) is 13.2 Å². The molecule has 12 heteroatoms. The lowest BCUT2D eigenvalue weighted by atomic mass is 9.81. The Morgan fingerprint density at radius 1 is 1.11 bits per heavy atom. The molecule has 3 aromatic rings. The quantitative estimate of drug-likeness (QED) is 0.146. The highest BCUT2D eigenvalue weighted by atomic mass is 32.2. The molecule has 5 rings (SSSR count). The summed E-state index contributed by atoms with van der Waals surface area (Å²) in [6, 6.07) is 10.5. The fourth-order valence-electron chi connectivity index (χ4n) is 6.11. The molecule has 3 heterocycles. The molecule has 0 aliphatic carbocycles. The average Bonchev–Trinajstić information content (AvgIpc) is 3.05. The van der Waals surface area contributed by atoms with E-state index in [2.05, 4.69) is 15.2 Å². The number of nitrogens with zero attached hydrogens (tertiary/aromatic N) is 2. The molecule has 1 aromatic heterocycles. The molecule has 250 valence electrons. The molecule has 2 aliphatic heterocycles. The first-order valence-electron chi connectivity index (χ1n) is 15.7. The van der Waals surface area contributed by atoms with Crippen molar-refractivity contribution in [3.8, 4) is 5.75 Å². The third-order valence-electron chi connectivity index (χ3n) is 8.64. The van der Waals surface area contributed by atoms with Crippen molar-refractivity contribution in [2.45, 2.75) is 49.6 Å². The minimum absolute atomic E-state index is 0.0979. The summed E-state index contributed by atoms with van der Waals surface area (Å²) in [7, 11) is 1.56. The van der Waals surface area contributed by atoms with Crippen LogP contribution in [0.3, 0.4) is 0 Å². The number of halogens is 3. The first-order valence-corrected chi connectivity index (χ1v) is 16.7. The number of likely N-dealkylation sites (tertiary alicyclic amines) is 1. The van der Waals surface area contributed by atoms with Gasteiger partial charge in [0.2, 0.25) is 0 Å². The lowest BCUT2D eigenvalue weighted by Crippen LogP contribution is -2.44. The van der Waals surface area contributed by atoms with Gasteiger partial charge in [-0.1, -0.05) is 0 Å². The number of aliphatic carboxylic acids is 2. The van der Waals surface area contributed by atoms with Crippen LogP contribution in [0.25, 0.3) is 10.9 Å². The number of alkyl halides is 1. The Morgan fingerprint density at radius 2 is 1.89 bits per heavy atom. The van der Waals surface area contributed by atoms with E-state index in [4.69, 9.17) is 9.84 Å². The molecule has 0 spiro atoms. The van der Waals surface area contributed by atoms with Crippen LogP contribution in [0.2, 0.25) is 0 Å². The van der Waals surface area contributed by atoms with E-state index in [1.54, 1.807) is 37.6 Å². The molecule has 3 N–H and O–H groups in total. The number of fused-ring (bicyclic) bond motifs is 1. The zero-order valence-electron chi connectivity index (χ0n) is 26.0. The maximum Gasteiger partial charge on any atom is 0.308 e. The number of piperidine rings is 2. The Kier molecular flexibility index (Phi) is 13.5. The van der Waals surface area contributed by atoms with Crippen molar-refractivity contribution in [2.75, 3.05) is 45.6 Å². The molecule has 2 aromatic carbocycles. The molecule has 0 bridgehead atoms. The van der Waals surface area contributed by atoms with Gasteiger partial charge < -0.3 is 25.2 Å². The number of carbonyl (C=O) groups is 2. The zero-order valence-corrected chi connectivity index (χ0v) is 26.8. The summed E-state index contributed by atoms with van der Waals surface area (Å²) in [6.45, 7) is 3.50. The number of benzene rings is 2. The number of hydrogen-bond donors (Lipinski definition) is 3. The number of rotatable bonds is 12. The van der Waals surface area contributed by atoms with Crippen molar-refractivity contribution >= 4 is 34.6 Å². The molecule has 2 unspecified atom stereocenters. The monoisotopic (exact) mass is 661 g/mol. The number of ether oxygens (including phenoxy) is 1. The fraction of sp³-hybridized carbons (Fsp3) is 0.500. The van der Waals surface area contributed by atoms with Crippen LogP contribution in [0.5, 0.6) is 5.75 Å². The number of carboxylic acid groups (broad SMARTS) is 2. The third-order valence-corrected chi connectivity index (χ3v) is 9.70. The van der Waals surface area contributed by atoms with Crippen LogP contribution in [-0.2, 0) is 9.59 Å². The lowest BCUT2D eigenvalue weighted by Gasteiger charge is -2.36. The summed E-state index contributed by atoms with van der Waals surface area (Å²) in [5, 5.41) is 22.1. The van der Waals surface area contributed by atoms with Gasteiger partial charge in [-0.3, -0.25) is 14.6 Å². The van der Waals surface area contributed by atoms with Crippen molar-refractivity contribution in [2.24, 2.45) is 17.8 Å². The Balaban J connectivity index is 0.000000459. The van der Waals surface area contributed by atoms with Gasteiger partial charge in [0.1, 0.15) is 23.6 Å². The molecule has 0 radical (unpaired) electrons. The summed E-state index contributed by atoms with van der Waals surface area (Å²) in [5.74, 6) is -2.19. The van der Waals surface area contributed by atoms with Crippen LogP contribution in [0.1, 0.15) is 50.3 Å². The summed E-state index contributed by atoms with van der Waals surface area (Å²) in [5.41, 5.74) is 1.24. The second-order valence-electron chi connectivity index (χ2n) is 11.8. The molecule has 2 saturated heterocycles. The van der Waals surface area contributed by atoms with E-state index in [-0.39, 0.29) is 18.3 Å². The number of carboxylic acids is 2. The fourth-order valence-corrected chi connectivity index (χ4v) is 7.01. The van der Waals surface area contributed by atoms with Crippen molar-refractivity contribution in [1.29, 1.82) is 0 Å². The molecule has 4 atom stereocenters. The Bertz CT molecular complexity index is 1440. The van der Waals surface area contributed by atoms with Crippen LogP contribution in [0.15, 0.2) is 53.6 Å². The smallest absolute Gasteiger partial charge is 0.308 e. The van der Waals surface area contributed by atoms with E-state index >= 15 is 4.39 Å². The number of nitrogens with one attached hydrogen (secondary N) is 1. The summed E-state index contributed by atoms with van der Waals surface area (Å²) < 4.78 is 47.3. The number of methoxy groups -OCH3 is 1. The maximum absolute atomic E-state index is 15.4. The molecule has 8 nitrogen and oxygen atoms in total. The van der Waals surface area contributed by atoms with Crippen molar-refractivity contribution in [3.05, 3.63) is 65.9 Å². The number of pyridine rings is 1. The van der Waals surface area contributed by atoms with Crippen LogP contribution < -0.4 is 10.1 Å². The van der Waals surface area contributed by atoms with Crippen LogP contribution in [0.4, 0.5) is 13.2 Å². The van der Waals surface area contributed by atoms with Gasteiger partial charge in [0.25, 0.3) is 0 Å². The minimum Gasteiger partial charge on any atom is -0.497 e. The lowest BCUT2D eigenvalue weighted by molar-refractivity contribution is -0.146. The molecule has 0 amide bonds. The van der Waals surface area contributed by atoms with Crippen molar-refractivity contribution in [3.63, 3.8) is 0 Å². The molecule has 2 fully saturated rings. The first-order chi connectivity index (χ1) is 22.1. The minimum atomic E-state index is -1.23. The largest absolute Gasteiger partial charge is 0.497 e. The number of aromatic nitrogens is 1. The van der Waals surface area contributed by atoms with Gasteiger partial charge in [-0.2, -0.15) is 0 Å². The second kappa shape index (κ2) is 17.5. The zero-order chi connectivity index (χ0) is 33.1. The predicted molar refractivity (Wildman–Crippen MR) is 172 cm³/mol. The Hall–Kier alpha value is -3.35. The van der Waals surface area contributed by atoms with Gasteiger partial charge in [0, 0.05) is 35.6 Å². The van der Waals surface area contributed by atoms with Gasteiger partial charge in [0.15, 0.2) is 0 Å². The SMILES string of the molecule is COc1ccc2nccc(C(F)CC[C@@H]3CCN(CCCSc4cc(F)cc(F)c4)C[C@@H]3C(=O)O)c2c1.O=C(O)C1CCCNC1. The Morgan fingerprint density at radius 3 is 2.54 bits per heavy atom. The summed E-state index contributed by atoms with van der Waals surface area (Å²) in [6.07, 6.45) is 4.39. The van der Waals surface area contributed by atoms with Gasteiger partial charge >= 0.3 is 11.9 Å². The molecular weight excluding hydrogens is 619 g/mol. The van der Waals surface area contributed by atoms with E-state index in [0.29, 0.717) is 65.3 Å². The van der Waals surface area contributed by atoms with E-state index in [9.17, 15) is 23.5 Å². The normalized spacial score (nSPS) is 20.8. The van der Waals surface area contributed by atoms with Gasteiger partial charge in [-0.15, -0.1) is 11.8 Å². The van der Waals surface area contributed by atoms with E-state index in [0.717, 1.165) is 38.4 Å². The third kappa shape index (κ3) is 10.3. The highest BCUT2D eigenvalue weighted by Crippen LogP contribution is 2.35. The highest BCUT2D eigenvalue weighted by molar-refractivity contribution is 7.99. The molecule has 46 heavy (non-hydrogen) atoms. The van der Waals surface area contributed by atoms with Crippen LogP contribution in [-0.4, -0.2) is 77.6 Å². The first kappa shape index (κ1) is 35.5. The van der Waals surface area contributed by atoms with Crippen molar-refractivity contribution in [1.82, 2.24) is 15.2 Å². The standard InChI is InChI=1S/C28H31F3N2O3S.C6H11NO2/c1-36-21-4-6-27-24(16-21)23(7-9-32-27)26(31)5-3-18-8-11-33(17-25(18)28(34)35)10-2-12-37-22-14-19(29)13-20(30)15-22;8-6(9)5-2-1-3-7-4-5/h4,6-7,9,13-16,18,25-26H,2-3,5,8,10-12,17H2,1H3,(H,34,35);5,7H,1-4H2,(H,8,9)/t18-,25+,26?;/m1./s1. The van der Waals surface area contributed by atoms with Crippen LogP contribution in [0, 0.1) is 29.4 Å². The van der Waals surface area contributed by atoms with Crippen molar-refractivity contribution < 1.29 is 37.7 Å². The van der Waals surface area contributed by atoms with Gasteiger partial charge in [-0.05, 0) is 112 Å². The molecular formula is C34H42F3N3O5S. The van der Waals surface area contributed by atoms with E-state index < -0.39 is 35.7 Å². The summed E-state index contributed by atoms with van der Waals surface area (Å²) >= 11 is 1.38. The second-order valence-corrected chi connectivity index (χ2v) is 13.0. The van der Waals surface area contributed by atoms with E-state index in [1.165, 1.54) is 23.9 Å². The summed E-state index contributed by atoms with van der Waals surface area (Å²) in [4.78, 5) is 29.3. The van der Waals surface area contributed by atoms with E-state index in [1.807, 2.05) is 0 Å². The Labute approximate surface area is 271 Å². The topological polar surface area (TPSA) is 112 Å². The molecule has 2 aliphatic rings.